The Kier molecular flexibility index (Phi) is 6.52. The molecule has 11 nitrogen and oxygen atoms in total. The van der Waals surface area contributed by atoms with E-state index in [1.165, 1.54) is 4.68 Å². The Labute approximate surface area is 232 Å². The highest BCUT2D eigenvalue weighted by molar-refractivity contribution is 5.97. The topological polar surface area (TPSA) is 155 Å². The van der Waals surface area contributed by atoms with Crippen molar-refractivity contribution in [3.8, 4) is 34.1 Å². The predicted molar refractivity (Wildman–Crippen MR) is 154 cm³/mol. The molecule has 0 aliphatic rings. The van der Waals surface area contributed by atoms with E-state index >= 15 is 0 Å². The van der Waals surface area contributed by atoms with Gasteiger partial charge in [0.25, 0.3) is 17.0 Å². The quantitative estimate of drug-likeness (QED) is 0.238. The lowest BCUT2D eigenvalue weighted by Crippen LogP contribution is -2.35. The van der Waals surface area contributed by atoms with E-state index in [4.69, 9.17) is 4.74 Å². The summed E-state index contributed by atoms with van der Waals surface area (Å²) in [6.07, 6.45) is 1.64. The van der Waals surface area contributed by atoms with Crippen molar-refractivity contribution in [2.24, 2.45) is 0 Å². The van der Waals surface area contributed by atoms with Crippen LogP contribution >= 0.6 is 0 Å². The summed E-state index contributed by atoms with van der Waals surface area (Å²) in [7, 11) is 1.55. The predicted octanol–water partition coefficient (Wildman–Crippen LogP) is 3.44. The second-order valence-electron chi connectivity index (χ2n) is 9.31. The Morgan fingerprint density at radius 2 is 1.83 bits per heavy atom. The van der Waals surface area contributed by atoms with E-state index in [9.17, 15) is 19.5 Å². The third kappa shape index (κ3) is 4.80. The molecular weight excluding hydrogens is 524 g/mol. The zero-order valence-electron chi connectivity index (χ0n) is 21.8. The van der Waals surface area contributed by atoms with Crippen LogP contribution in [0.25, 0.3) is 44.3 Å². The molecule has 41 heavy (non-hydrogen) atoms. The number of carbonyl (C=O) groups is 1. The monoisotopic (exact) mass is 548 g/mol. The molecule has 6 aromatic rings. The van der Waals surface area contributed by atoms with Crippen LogP contribution in [0.2, 0.25) is 0 Å². The molecule has 3 heterocycles. The van der Waals surface area contributed by atoms with Gasteiger partial charge in [-0.15, -0.1) is 0 Å². The van der Waals surface area contributed by atoms with Crippen molar-refractivity contribution in [1.82, 2.24) is 30.0 Å². The highest BCUT2D eigenvalue weighted by Gasteiger charge is 2.15. The number of amides is 1. The molecule has 0 radical (unpaired) electrons. The molecule has 0 saturated heterocycles. The fourth-order valence-corrected chi connectivity index (χ4v) is 4.73. The third-order valence-electron chi connectivity index (χ3n) is 6.78. The van der Waals surface area contributed by atoms with Crippen LogP contribution in [0.5, 0.6) is 11.6 Å². The number of fused-ring (bicyclic) bond motifs is 2. The van der Waals surface area contributed by atoms with Gasteiger partial charge >= 0.3 is 0 Å². The highest BCUT2D eigenvalue weighted by Crippen LogP contribution is 2.35. The van der Waals surface area contributed by atoms with Crippen molar-refractivity contribution >= 4 is 27.7 Å². The minimum absolute atomic E-state index is 0.0376. The smallest absolute Gasteiger partial charge is 0.273 e. The summed E-state index contributed by atoms with van der Waals surface area (Å²) in [6, 6.07) is 20.4. The van der Waals surface area contributed by atoms with Crippen molar-refractivity contribution in [2.75, 3.05) is 13.7 Å². The van der Waals surface area contributed by atoms with Crippen molar-refractivity contribution in [2.45, 2.75) is 6.54 Å². The largest absolute Gasteiger partial charge is 0.507 e. The van der Waals surface area contributed by atoms with Crippen molar-refractivity contribution in [1.29, 1.82) is 0 Å². The second kappa shape index (κ2) is 10.5. The molecule has 0 aliphatic heterocycles. The average Bonchev–Trinajstić information content (AvgIpc) is 3.43. The first-order valence-corrected chi connectivity index (χ1v) is 12.8. The Morgan fingerprint density at radius 1 is 1.00 bits per heavy atom. The van der Waals surface area contributed by atoms with Crippen LogP contribution in [0, 0.1) is 0 Å². The molecule has 0 atom stereocenters. The van der Waals surface area contributed by atoms with Gasteiger partial charge in [-0.1, -0.05) is 18.2 Å². The number of hydrogen-bond acceptors (Lipinski definition) is 7. The van der Waals surface area contributed by atoms with Crippen LogP contribution in [0.15, 0.2) is 88.6 Å². The number of rotatable bonds is 7. The summed E-state index contributed by atoms with van der Waals surface area (Å²) in [5.74, 6) is 0.573. The molecule has 0 saturated carbocycles. The van der Waals surface area contributed by atoms with Gasteiger partial charge in [0, 0.05) is 23.9 Å². The van der Waals surface area contributed by atoms with Gasteiger partial charge < -0.3 is 20.1 Å². The van der Waals surface area contributed by atoms with Gasteiger partial charge in [0.05, 0.1) is 41.0 Å². The van der Waals surface area contributed by atoms with Crippen molar-refractivity contribution in [3.63, 3.8) is 0 Å². The van der Waals surface area contributed by atoms with E-state index in [-0.39, 0.29) is 35.9 Å². The molecule has 0 unspecified atom stereocenters. The standard InChI is InChI=1S/C30H24N6O5/c1-41-29-19(7-4-12-32-29)17-9-11-25(37)22(15-17)26-33-23-10-8-18(16-24(23)34-26)27(38)31-13-14-36-30(40)21-6-3-2-5-20(21)28(39)35-36/h2-12,15-16,37H,13-14H2,1H3,(H,31,38)(H,33,34)(H,35,39). The Balaban J connectivity index is 1.21. The van der Waals surface area contributed by atoms with Crippen LogP contribution in [-0.2, 0) is 6.54 Å². The van der Waals surface area contributed by atoms with Gasteiger partial charge in [0.2, 0.25) is 5.88 Å². The number of aromatic hydroxyl groups is 1. The van der Waals surface area contributed by atoms with E-state index < -0.39 is 0 Å². The van der Waals surface area contributed by atoms with E-state index in [0.717, 1.165) is 11.1 Å². The van der Waals surface area contributed by atoms with Crippen LogP contribution in [-0.4, -0.2) is 49.4 Å². The molecule has 3 aromatic heterocycles. The fraction of sp³-hybridized carbons (Fsp3) is 0.100. The first kappa shape index (κ1) is 25.6. The molecule has 204 valence electrons. The lowest BCUT2D eigenvalue weighted by molar-refractivity contribution is 0.0952. The lowest BCUT2D eigenvalue weighted by Gasteiger charge is -2.09. The Morgan fingerprint density at radius 3 is 2.66 bits per heavy atom. The first-order chi connectivity index (χ1) is 19.9. The fourth-order valence-electron chi connectivity index (χ4n) is 4.73. The van der Waals surface area contributed by atoms with Crippen molar-refractivity contribution in [3.05, 3.63) is 105 Å². The average molecular weight is 549 g/mol. The number of methoxy groups -OCH3 is 1. The van der Waals surface area contributed by atoms with E-state index in [0.29, 0.717) is 44.6 Å². The zero-order valence-corrected chi connectivity index (χ0v) is 21.8. The maximum atomic E-state index is 12.9. The summed E-state index contributed by atoms with van der Waals surface area (Å²) in [4.78, 5) is 49.9. The number of benzene rings is 3. The summed E-state index contributed by atoms with van der Waals surface area (Å²) < 4.78 is 6.56. The number of aromatic nitrogens is 5. The molecule has 6 rings (SSSR count). The van der Waals surface area contributed by atoms with Gasteiger partial charge in [-0.3, -0.25) is 19.5 Å². The highest BCUT2D eigenvalue weighted by atomic mass is 16.5. The summed E-state index contributed by atoms with van der Waals surface area (Å²) in [6.45, 7) is 0.218. The summed E-state index contributed by atoms with van der Waals surface area (Å²) >= 11 is 0. The first-order valence-electron chi connectivity index (χ1n) is 12.8. The summed E-state index contributed by atoms with van der Waals surface area (Å²) in [5, 5.41) is 16.6. The van der Waals surface area contributed by atoms with Crippen LogP contribution < -0.4 is 21.2 Å². The van der Waals surface area contributed by atoms with Gasteiger partial charge in [-0.2, -0.15) is 0 Å². The number of carbonyl (C=O) groups excluding carboxylic acids is 1. The van der Waals surface area contributed by atoms with Crippen LogP contribution in [0.4, 0.5) is 0 Å². The number of nitrogens with one attached hydrogen (secondary N) is 3. The SMILES string of the molecule is COc1ncccc1-c1ccc(O)c(-c2nc3ccc(C(=O)NCCn4[nH]c(=O)c5ccccc5c4=O)cc3[nH]2)c1. The molecule has 11 heteroatoms. The number of phenolic OH excluding ortho intramolecular Hbond substituents is 1. The zero-order chi connectivity index (χ0) is 28.5. The summed E-state index contributed by atoms with van der Waals surface area (Å²) in [5.41, 5.74) is 2.91. The molecule has 4 N–H and O–H groups in total. The number of ether oxygens (including phenoxy) is 1. The second-order valence-corrected chi connectivity index (χ2v) is 9.31. The van der Waals surface area contributed by atoms with Crippen molar-refractivity contribution < 1.29 is 14.6 Å². The molecule has 0 bridgehead atoms. The molecule has 1 amide bonds. The molecule has 0 spiro atoms. The number of aromatic amines is 2. The normalized spacial score (nSPS) is 11.1. The van der Waals surface area contributed by atoms with Crippen LogP contribution in [0.1, 0.15) is 10.4 Å². The van der Waals surface area contributed by atoms with Crippen LogP contribution in [0.3, 0.4) is 0 Å². The minimum Gasteiger partial charge on any atom is -0.507 e. The number of imidazole rings is 1. The molecule has 3 aromatic carbocycles. The van der Waals surface area contributed by atoms with E-state index in [1.54, 1.807) is 80.0 Å². The minimum atomic E-state index is -0.372. The van der Waals surface area contributed by atoms with Gasteiger partial charge in [0.15, 0.2) is 0 Å². The molecule has 0 fully saturated rings. The Hall–Kier alpha value is -5.71. The van der Waals surface area contributed by atoms with E-state index in [2.05, 4.69) is 25.4 Å². The lowest BCUT2D eigenvalue weighted by atomic mass is 10.0. The number of H-pyrrole nitrogens is 2. The van der Waals surface area contributed by atoms with Gasteiger partial charge in [0.1, 0.15) is 11.6 Å². The number of pyridine rings is 1. The van der Waals surface area contributed by atoms with E-state index in [1.807, 2.05) is 6.07 Å². The molecule has 0 aliphatic carbocycles. The third-order valence-corrected chi connectivity index (χ3v) is 6.78. The van der Waals surface area contributed by atoms with Gasteiger partial charge in [-0.25, -0.2) is 14.6 Å². The maximum absolute atomic E-state index is 12.9. The number of nitrogens with zero attached hydrogens (tertiary/aromatic N) is 3. The number of phenols is 1. The van der Waals surface area contributed by atoms with Gasteiger partial charge in [-0.05, 0) is 60.2 Å². The Bertz CT molecular complexity index is 2060. The maximum Gasteiger partial charge on any atom is 0.273 e. The molecular formula is C30H24N6O5. The number of hydrogen-bond donors (Lipinski definition) is 4.